The van der Waals surface area contributed by atoms with E-state index in [1.807, 2.05) is 0 Å². The molecule has 2 heterocycles. The van der Waals surface area contributed by atoms with Gasteiger partial charge < -0.3 is 4.74 Å². The first-order valence-electron chi connectivity index (χ1n) is 6.59. The van der Waals surface area contributed by atoms with Crippen LogP contribution in [0.25, 0.3) is 4.85 Å². The molecule has 0 amide bonds. The van der Waals surface area contributed by atoms with Gasteiger partial charge in [0.15, 0.2) is 0 Å². The fourth-order valence-electron chi connectivity index (χ4n) is 2.40. The van der Waals surface area contributed by atoms with Crippen molar-refractivity contribution in [3.8, 4) is 5.75 Å². The van der Waals surface area contributed by atoms with Gasteiger partial charge in [0.1, 0.15) is 11.6 Å². The molecule has 7 heteroatoms. The molecule has 0 saturated heterocycles. The summed E-state index contributed by atoms with van der Waals surface area (Å²) in [4.78, 5) is 7.66. The Kier molecular flexibility index (Phi) is 3.47. The van der Waals surface area contributed by atoms with Crippen LogP contribution in [0.4, 0.5) is 11.5 Å². The van der Waals surface area contributed by atoms with Crippen LogP contribution in [0.3, 0.4) is 0 Å². The summed E-state index contributed by atoms with van der Waals surface area (Å²) < 4.78 is 31.8. The number of pyridine rings is 1. The van der Waals surface area contributed by atoms with Gasteiger partial charge in [0.2, 0.25) is 5.69 Å². The Morgan fingerprint density at radius 1 is 1.32 bits per heavy atom. The summed E-state index contributed by atoms with van der Waals surface area (Å²) in [6, 6.07) is 7.94. The molecule has 0 radical (unpaired) electrons. The Labute approximate surface area is 128 Å². The summed E-state index contributed by atoms with van der Waals surface area (Å²) in [7, 11) is -2.13. The van der Waals surface area contributed by atoms with Gasteiger partial charge in [0.25, 0.3) is 10.0 Å². The van der Waals surface area contributed by atoms with Gasteiger partial charge in [0, 0.05) is 12.7 Å². The van der Waals surface area contributed by atoms with Crippen LogP contribution in [-0.2, 0) is 16.4 Å². The van der Waals surface area contributed by atoms with Crippen LogP contribution in [0, 0.1) is 6.57 Å². The van der Waals surface area contributed by atoms with E-state index in [4.69, 9.17) is 11.3 Å². The monoisotopic (exact) mass is 315 g/mol. The molecule has 1 aliphatic heterocycles. The van der Waals surface area contributed by atoms with E-state index in [-0.39, 0.29) is 4.90 Å². The molecule has 1 aromatic heterocycles. The summed E-state index contributed by atoms with van der Waals surface area (Å²) >= 11 is 0. The van der Waals surface area contributed by atoms with E-state index >= 15 is 0 Å². The first-order chi connectivity index (χ1) is 10.6. The SMILES string of the molecule is [C-]#[N+]c1cnc2c(c1)CCN2S(=O)(=O)c1ccc(OC)cc1. The number of hydrogen-bond donors (Lipinski definition) is 0. The smallest absolute Gasteiger partial charge is 0.265 e. The Morgan fingerprint density at radius 2 is 2.05 bits per heavy atom. The molecule has 0 bridgehead atoms. The lowest BCUT2D eigenvalue weighted by Gasteiger charge is -2.18. The highest BCUT2D eigenvalue weighted by Gasteiger charge is 2.32. The standard InChI is InChI=1S/C15H13N3O3S/c1-16-12-9-11-7-8-18(15(11)17-10-12)22(19,20)14-5-3-13(21-2)4-6-14/h3-6,9-10H,7-8H2,2H3. The molecule has 22 heavy (non-hydrogen) atoms. The van der Waals surface area contributed by atoms with E-state index in [1.165, 1.54) is 29.7 Å². The highest BCUT2D eigenvalue weighted by atomic mass is 32.2. The lowest BCUT2D eigenvalue weighted by molar-refractivity contribution is 0.414. The minimum atomic E-state index is -3.66. The summed E-state index contributed by atoms with van der Waals surface area (Å²) in [6.45, 7) is 7.33. The number of benzene rings is 1. The molecule has 0 aliphatic carbocycles. The number of fused-ring (bicyclic) bond motifs is 1. The van der Waals surface area contributed by atoms with E-state index in [0.29, 0.717) is 30.2 Å². The highest BCUT2D eigenvalue weighted by molar-refractivity contribution is 7.92. The highest BCUT2D eigenvalue weighted by Crippen LogP contribution is 2.33. The zero-order valence-electron chi connectivity index (χ0n) is 11.9. The minimum absolute atomic E-state index is 0.192. The third-order valence-corrected chi connectivity index (χ3v) is 5.33. The van der Waals surface area contributed by atoms with E-state index in [0.717, 1.165) is 5.56 Å². The van der Waals surface area contributed by atoms with E-state index < -0.39 is 10.0 Å². The summed E-state index contributed by atoms with van der Waals surface area (Å²) in [5.41, 5.74) is 1.20. The molecular formula is C15H13N3O3S. The third kappa shape index (κ3) is 2.27. The third-order valence-electron chi connectivity index (χ3n) is 3.53. The largest absolute Gasteiger partial charge is 0.497 e. The lowest BCUT2D eigenvalue weighted by Crippen LogP contribution is -2.29. The fraction of sp³-hybridized carbons (Fsp3) is 0.200. The second-order valence-electron chi connectivity index (χ2n) is 4.79. The number of rotatable bonds is 3. The number of ether oxygens (including phenoxy) is 1. The quantitative estimate of drug-likeness (QED) is 0.816. The van der Waals surface area contributed by atoms with Crippen molar-refractivity contribution < 1.29 is 13.2 Å². The molecule has 0 unspecified atom stereocenters. The van der Waals surface area contributed by atoms with Crippen molar-refractivity contribution in [1.82, 2.24) is 4.98 Å². The Balaban J connectivity index is 2.00. The number of methoxy groups -OCH3 is 1. The van der Waals surface area contributed by atoms with E-state index in [1.54, 1.807) is 18.2 Å². The first-order valence-corrected chi connectivity index (χ1v) is 8.03. The van der Waals surface area contributed by atoms with Crippen molar-refractivity contribution in [2.24, 2.45) is 0 Å². The van der Waals surface area contributed by atoms with Crippen molar-refractivity contribution in [3.63, 3.8) is 0 Å². The predicted octanol–water partition coefficient (Wildman–Crippen LogP) is 2.39. The normalized spacial score (nSPS) is 13.5. The molecule has 0 spiro atoms. The molecular weight excluding hydrogens is 302 g/mol. The molecule has 1 aromatic carbocycles. The minimum Gasteiger partial charge on any atom is -0.497 e. The van der Waals surface area contributed by atoms with Crippen LogP contribution in [0.5, 0.6) is 5.75 Å². The zero-order valence-corrected chi connectivity index (χ0v) is 12.7. The topological polar surface area (TPSA) is 63.9 Å². The average Bonchev–Trinajstić information content (AvgIpc) is 2.98. The van der Waals surface area contributed by atoms with E-state index in [9.17, 15) is 8.42 Å². The number of anilines is 1. The van der Waals surface area contributed by atoms with Gasteiger partial charge in [-0.25, -0.2) is 22.6 Å². The van der Waals surface area contributed by atoms with Gasteiger partial charge in [-0.2, -0.15) is 0 Å². The Hall–Kier alpha value is -2.59. The van der Waals surface area contributed by atoms with Crippen molar-refractivity contribution >= 4 is 21.5 Å². The molecule has 3 rings (SSSR count). The molecule has 112 valence electrons. The first kappa shape index (κ1) is 14.4. The van der Waals surface area contributed by atoms with Crippen molar-refractivity contribution in [2.75, 3.05) is 18.0 Å². The number of nitrogens with zero attached hydrogens (tertiary/aromatic N) is 3. The number of aromatic nitrogens is 1. The molecule has 0 saturated carbocycles. The van der Waals surface area contributed by atoms with Crippen LogP contribution in [-0.4, -0.2) is 27.1 Å². The zero-order chi connectivity index (χ0) is 15.7. The molecule has 0 N–H and O–H groups in total. The van der Waals surface area contributed by atoms with E-state index in [2.05, 4.69) is 9.83 Å². The molecule has 1 aliphatic rings. The molecule has 6 nitrogen and oxygen atoms in total. The number of hydrogen-bond acceptors (Lipinski definition) is 4. The maximum absolute atomic E-state index is 12.7. The Morgan fingerprint density at radius 3 is 2.68 bits per heavy atom. The van der Waals surface area contributed by atoms with Gasteiger partial charge in [-0.15, -0.1) is 0 Å². The van der Waals surface area contributed by atoms with Crippen LogP contribution in [0.15, 0.2) is 41.4 Å². The summed E-state index contributed by atoms with van der Waals surface area (Å²) in [5.74, 6) is 1.00. The lowest BCUT2D eigenvalue weighted by atomic mass is 10.2. The van der Waals surface area contributed by atoms with Crippen molar-refractivity contribution in [3.05, 3.63) is 53.5 Å². The van der Waals surface area contributed by atoms with Crippen molar-refractivity contribution in [1.29, 1.82) is 0 Å². The molecule has 0 fully saturated rings. The van der Waals surface area contributed by atoms with Crippen molar-refractivity contribution in [2.45, 2.75) is 11.3 Å². The van der Waals surface area contributed by atoms with Crippen LogP contribution >= 0.6 is 0 Å². The summed E-state index contributed by atoms with van der Waals surface area (Å²) in [5, 5.41) is 0. The summed E-state index contributed by atoms with van der Waals surface area (Å²) in [6.07, 6.45) is 1.95. The number of sulfonamides is 1. The molecule has 0 atom stereocenters. The second-order valence-corrected chi connectivity index (χ2v) is 6.65. The van der Waals surface area contributed by atoms with Gasteiger partial charge in [0.05, 0.1) is 18.6 Å². The second kappa shape index (κ2) is 5.31. The average molecular weight is 315 g/mol. The van der Waals surface area contributed by atoms with Gasteiger partial charge >= 0.3 is 0 Å². The van der Waals surface area contributed by atoms with Gasteiger partial charge in [-0.1, -0.05) is 0 Å². The fourth-order valence-corrected chi connectivity index (χ4v) is 3.86. The maximum Gasteiger partial charge on any atom is 0.265 e. The van der Waals surface area contributed by atoms with Crippen LogP contribution in [0.1, 0.15) is 5.56 Å². The van der Waals surface area contributed by atoms with Gasteiger partial charge in [-0.05, 0) is 42.3 Å². The Bertz CT molecular complexity index is 855. The molecule has 2 aromatic rings. The van der Waals surface area contributed by atoms with Gasteiger partial charge in [-0.3, -0.25) is 0 Å². The maximum atomic E-state index is 12.7. The van der Waals surface area contributed by atoms with Crippen LogP contribution in [0.2, 0.25) is 0 Å². The van der Waals surface area contributed by atoms with Crippen LogP contribution < -0.4 is 9.04 Å². The predicted molar refractivity (Wildman–Crippen MR) is 81.7 cm³/mol.